The minimum absolute atomic E-state index is 0.294. The third kappa shape index (κ3) is 4.06. The average Bonchev–Trinajstić information content (AvgIpc) is 2.97. The van der Waals surface area contributed by atoms with Crippen molar-refractivity contribution < 1.29 is 4.79 Å². The number of primary amides is 1. The standard InChI is InChI=1S/C20H20N4O/c21-12-18-17(15-24-10-5-4-8-19(18)24)14-23(11-9-20(22)25)13-16-6-2-1-3-7-16/h1-8,10,15H,9,11,13-14H2,(H2,22,25). The van der Waals surface area contributed by atoms with Crippen LogP contribution in [0.5, 0.6) is 0 Å². The predicted molar refractivity (Wildman–Crippen MR) is 96.5 cm³/mol. The van der Waals surface area contributed by atoms with Crippen molar-refractivity contribution in [3.05, 3.63) is 77.6 Å². The first-order valence-electron chi connectivity index (χ1n) is 8.20. The number of benzene rings is 1. The van der Waals surface area contributed by atoms with Crippen LogP contribution in [-0.2, 0) is 17.9 Å². The van der Waals surface area contributed by atoms with Crippen LogP contribution in [0.2, 0.25) is 0 Å². The van der Waals surface area contributed by atoms with E-state index in [1.807, 2.05) is 53.2 Å². The number of pyridine rings is 1. The van der Waals surface area contributed by atoms with Gasteiger partial charge in [0.1, 0.15) is 6.07 Å². The third-order valence-electron chi connectivity index (χ3n) is 4.19. The van der Waals surface area contributed by atoms with Crippen molar-refractivity contribution in [2.75, 3.05) is 6.54 Å². The smallest absolute Gasteiger partial charge is 0.218 e. The zero-order valence-electron chi connectivity index (χ0n) is 13.9. The van der Waals surface area contributed by atoms with E-state index in [4.69, 9.17) is 5.73 Å². The molecule has 1 aromatic carbocycles. The van der Waals surface area contributed by atoms with Gasteiger partial charge in [-0.15, -0.1) is 0 Å². The molecule has 0 saturated heterocycles. The van der Waals surface area contributed by atoms with Crippen molar-refractivity contribution in [3.63, 3.8) is 0 Å². The number of amides is 1. The number of hydrogen-bond donors (Lipinski definition) is 1. The van der Waals surface area contributed by atoms with E-state index in [0.717, 1.165) is 16.6 Å². The molecule has 0 aliphatic carbocycles. The molecule has 3 aromatic rings. The van der Waals surface area contributed by atoms with E-state index < -0.39 is 0 Å². The number of nitrogens with zero attached hydrogens (tertiary/aromatic N) is 3. The molecule has 5 heteroatoms. The lowest BCUT2D eigenvalue weighted by Gasteiger charge is -2.21. The molecule has 25 heavy (non-hydrogen) atoms. The first-order valence-corrected chi connectivity index (χ1v) is 8.20. The summed E-state index contributed by atoms with van der Waals surface area (Å²) >= 11 is 0. The highest BCUT2D eigenvalue weighted by atomic mass is 16.1. The van der Waals surface area contributed by atoms with Crippen LogP contribution >= 0.6 is 0 Å². The summed E-state index contributed by atoms with van der Waals surface area (Å²) in [6, 6.07) is 18.2. The van der Waals surface area contributed by atoms with Gasteiger partial charge in [0.2, 0.25) is 5.91 Å². The monoisotopic (exact) mass is 332 g/mol. The summed E-state index contributed by atoms with van der Waals surface area (Å²) in [7, 11) is 0. The van der Waals surface area contributed by atoms with Gasteiger partial charge in [0, 0.05) is 44.0 Å². The molecule has 5 nitrogen and oxygen atoms in total. The zero-order chi connectivity index (χ0) is 17.6. The summed E-state index contributed by atoms with van der Waals surface area (Å²) < 4.78 is 1.96. The van der Waals surface area contributed by atoms with Gasteiger partial charge in [-0.1, -0.05) is 36.4 Å². The number of fused-ring (bicyclic) bond motifs is 1. The van der Waals surface area contributed by atoms with E-state index >= 15 is 0 Å². The number of carbonyl (C=O) groups is 1. The largest absolute Gasteiger partial charge is 0.370 e. The minimum Gasteiger partial charge on any atom is -0.370 e. The maximum Gasteiger partial charge on any atom is 0.218 e. The Morgan fingerprint density at radius 2 is 1.88 bits per heavy atom. The molecule has 0 saturated carbocycles. The number of aromatic nitrogens is 1. The molecule has 2 aromatic heterocycles. The van der Waals surface area contributed by atoms with Gasteiger partial charge in [-0.25, -0.2) is 0 Å². The fraction of sp³-hybridized carbons (Fsp3) is 0.200. The summed E-state index contributed by atoms with van der Waals surface area (Å²) in [5.41, 5.74) is 9.01. The van der Waals surface area contributed by atoms with Crippen molar-refractivity contribution >= 4 is 11.4 Å². The second-order valence-electron chi connectivity index (χ2n) is 6.05. The number of hydrogen-bond acceptors (Lipinski definition) is 3. The van der Waals surface area contributed by atoms with E-state index in [0.29, 0.717) is 31.6 Å². The number of nitriles is 1. The van der Waals surface area contributed by atoms with Gasteiger partial charge >= 0.3 is 0 Å². The molecule has 0 unspecified atom stereocenters. The van der Waals surface area contributed by atoms with Gasteiger partial charge < -0.3 is 10.1 Å². The van der Waals surface area contributed by atoms with Gasteiger partial charge in [0.05, 0.1) is 11.1 Å². The first kappa shape index (κ1) is 16.7. The number of carbonyl (C=O) groups excluding carboxylic acids is 1. The first-order chi connectivity index (χ1) is 12.2. The van der Waals surface area contributed by atoms with Crippen LogP contribution in [0.15, 0.2) is 60.9 Å². The normalized spacial score (nSPS) is 10.9. The fourth-order valence-corrected chi connectivity index (χ4v) is 2.99. The average molecular weight is 332 g/mol. The van der Waals surface area contributed by atoms with Crippen LogP contribution in [0.4, 0.5) is 0 Å². The molecule has 0 radical (unpaired) electrons. The summed E-state index contributed by atoms with van der Waals surface area (Å²) in [4.78, 5) is 13.4. The lowest BCUT2D eigenvalue weighted by molar-refractivity contribution is -0.118. The second-order valence-corrected chi connectivity index (χ2v) is 6.05. The molecular formula is C20H20N4O. The maximum atomic E-state index is 11.2. The van der Waals surface area contributed by atoms with Crippen LogP contribution in [0.25, 0.3) is 5.52 Å². The van der Waals surface area contributed by atoms with E-state index in [9.17, 15) is 10.1 Å². The molecule has 0 aliphatic rings. The third-order valence-corrected chi connectivity index (χ3v) is 4.19. The zero-order valence-corrected chi connectivity index (χ0v) is 13.9. The summed E-state index contributed by atoms with van der Waals surface area (Å²) in [5.74, 6) is -0.319. The molecular weight excluding hydrogens is 312 g/mol. The Hall–Kier alpha value is -3.10. The fourth-order valence-electron chi connectivity index (χ4n) is 2.99. The Labute approximate surface area is 146 Å². The molecule has 0 atom stereocenters. The van der Waals surface area contributed by atoms with Crippen LogP contribution in [0.1, 0.15) is 23.1 Å². The molecule has 0 bridgehead atoms. The molecule has 2 heterocycles. The Morgan fingerprint density at radius 1 is 1.12 bits per heavy atom. The molecule has 3 rings (SSSR count). The molecule has 126 valence electrons. The molecule has 0 aliphatic heterocycles. The highest BCUT2D eigenvalue weighted by molar-refractivity contribution is 5.73. The Kier molecular flexibility index (Phi) is 5.12. The minimum atomic E-state index is -0.319. The summed E-state index contributed by atoms with van der Waals surface area (Å²) in [6.45, 7) is 1.85. The van der Waals surface area contributed by atoms with Gasteiger partial charge in [-0.3, -0.25) is 9.69 Å². The second kappa shape index (κ2) is 7.65. The van der Waals surface area contributed by atoms with E-state index in [1.54, 1.807) is 0 Å². The molecule has 1 amide bonds. The predicted octanol–water partition coefficient (Wildman–Crippen LogP) is 2.69. The van der Waals surface area contributed by atoms with Crippen LogP contribution < -0.4 is 5.73 Å². The van der Waals surface area contributed by atoms with Gasteiger partial charge in [-0.05, 0) is 17.7 Å². The SMILES string of the molecule is N#Cc1c(CN(CCC(N)=O)Cc2ccccc2)cn2ccccc12. The molecule has 2 N–H and O–H groups in total. The molecule has 0 spiro atoms. The van der Waals surface area contributed by atoms with Crippen LogP contribution in [0, 0.1) is 11.3 Å². The van der Waals surface area contributed by atoms with Crippen molar-refractivity contribution in [1.29, 1.82) is 5.26 Å². The lowest BCUT2D eigenvalue weighted by atomic mass is 10.1. The van der Waals surface area contributed by atoms with E-state index in [1.165, 1.54) is 0 Å². The highest BCUT2D eigenvalue weighted by Gasteiger charge is 2.15. The van der Waals surface area contributed by atoms with Crippen molar-refractivity contribution in [1.82, 2.24) is 9.30 Å². The van der Waals surface area contributed by atoms with E-state index in [2.05, 4.69) is 23.1 Å². The van der Waals surface area contributed by atoms with Crippen LogP contribution in [0.3, 0.4) is 0 Å². The Balaban J connectivity index is 1.86. The lowest BCUT2D eigenvalue weighted by Crippen LogP contribution is -2.27. The van der Waals surface area contributed by atoms with Crippen molar-refractivity contribution in [2.45, 2.75) is 19.5 Å². The topological polar surface area (TPSA) is 74.5 Å². The number of nitrogens with two attached hydrogens (primary N) is 1. The Morgan fingerprint density at radius 3 is 2.60 bits per heavy atom. The maximum absolute atomic E-state index is 11.2. The Bertz CT molecular complexity index is 908. The molecule has 0 fully saturated rings. The summed E-state index contributed by atoms with van der Waals surface area (Å²) in [6.07, 6.45) is 4.21. The number of rotatable bonds is 7. The van der Waals surface area contributed by atoms with Gasteiger partial charge in [0.15, 0.2) is 0 Å². The van der Waals surface area contributed by atoms with Crippen molar-refractivity contribution in [3.8, 4) is 6.07 Å². The van der Waals surface area contributed by atoms with E-state index in [-0.39, 0.29) is 5.91 Å². The van der Waals surface area contributed by atoms with Gasteiger partial charge in [0.25, 0.3) is 0 Å². The van der Waals surface area contributed by atoms with Crippen molar-refractivity contribution in [2.24, 2.45) is 5.73 Å². The highest BCUT2D eigenvalue weighted by Crippen LogP contribution is 2.20. The quantitative estimate of drug-likeness (QED) is 0.723. The summed E-state index contributed by atoms with van der Waals surface area (Å²) in [5, 5.41) is 9.57. The van der Waals surface area contributed by atoms with Crippen LogP contribution in [-0.4, -0.2) is 21.8 Å². The van der Waals surface area contributed by atoms with Gasteiger partial charge in [-0.2, -0.15) is 5.26 Å².